The minimum atomic E-state index is -2.36. The van der Waals surface area contributed by atoms with Crippen LogP contribution in [0.15, 0.2) is 30.3 Å². The molecular weight excluding hydrogens is 277 g/mol. The number of hydrogen-bond acceptors (Lipinski definition) is 3. The van der Waals surface area contributed by atoms with Crippen LogP contribution < -0.4 is 0 Å². The Morgan fingerprint density at radius 1 is 1.43 bits per heavy atom. The van der Waals surface area contributed by atoms with Crippen molar-refractivity contribution >= 4 is 11.9 Å². The zero-order valence-corrected chi connectivity index (χ0v) is 11.8. The smallest absolute Gasteiger partial charge is 0.343 e. The predicted molar refractivity (Wildman–Crippen MR) is 73.5 cm³/mol. The second-order valence-corrected chi connectivity index (χ2v) is 5.03. The van der Waals surface area contributed by atoms with Crippen molar-refractivity contribution in [1.82, 2.24) is 4.90 Å². The van der Waals surface area contributed by atoms with Gasteiger partial charge in [0.25, 0.3) is 5.91 Å². The van der Waals surface area contributed by atoms with Gasteiger partial charge in [0.1, 0.15) is 0 Å². The minimum absolute atomic E-state index is 0.0814. The lowest BCUT2D eigenvalue weighted by Gasteiger charge is -2.24. The fourth-order valence-corrected chi connectivity index (χ4v) is 2.41. The third-order valence-corrected chi connectivity index (χ3v) is 3.57. The monoisotopic (exact) mass is 295 g/mol. The largest absolute Gasteiger partial charge is 0.479 e. The number of carboxylic acid groups (broad SMARTS) is 1. The van der Waals surface area contributed by atoms with Crippen molar-refractivity contribution < 1.29 is 23.8 Å². The Bertz CT molecular complexity index is 522. The number of hydrogen-bond donors (Lipinski definition) is 1. The van der Waals surface area contributed by atoms with E-state index in [9.17, 15) is 14.0 Å². The second kappa shape index (κ2) is 6.22. The molecule has 1 aromatic carbocycles. The molecule has 1 N–H and O–H groups in total. The van der Waals surface area contributed by atoms with Gasteiger partial charge in [-0.05, 0) is 12.5 Å². The summed E-state index contributed by atoms with van der Waals surface area (Å²) in [7, 11) is 0. The van der Waals surface area contributed by atoms with Crippen LogP contribution in [0.3, 0.4) is 0 Å². The minimum Gasteiger partial charge on any atom is -0.479 e. The van der Waals surface area contributed by atoms with Crippen LogP contribution in [0.5, 0.6) is 0 Å². The molecule has 6 heteroatoms. The first kappa shape index (κ1) is 15.4. The summed E-state index contributed by atoms with van der Waals surface area (Å²) in [4.78, 5) is 24.6. The molecule has 1 fully saturated rings. The van der Waals surface area contributed by atoms with E-state index in [4.69, 9.17) is 9.84 Å². The van der Waals surface area contributed by atoms with Gasteiger partial charge in [-0.15, -0.1) is 0 Å². The average molecular weight is 295 g/mol. The van der Waals surface area contributed by atoms with Crippen molar-refractivity contribution in [3.63, 3.8) is 0 Å². The van der Waals surface area contributed by atoms with Crippen molar-refractivity contribution in [3.05, 3.63) is 35.9 Å². The summed E-state index contributed by atoms with van der Waals surface area (Å²) in [5, 5.41) is 8.89. The molecule has 0 aliphatic carbocycles. The van der Waals surface area contributed by atoms with Crippen molar-refractivity contribution in [1.29, 1.82) is 0 Å². The molecule has 2 rings (SSSR count). The Kier molecular flexibility index (Phi) is 4.57. The van der Waals surface area contributed by atoms with Gasteiger partial charge in [-0.2, -0.15) is 0 Å². The highest BCUT2D eigenvalue weighted by Crippen LogP contribution is 2.29. The summed E-state index contributed by atoms with van der Waals surface area (Å²) in [5.41, 5.74) is -1.68. The van der Waals surface area contributed by atoms with Gasteiger partial charge < -0.3 is 14.7 Å². The molecule has 0 bridgehead atoms. The molecule has 2 unspecified atom stereocenters. The van der Waals surface area contributed by atoms with Crippen molar-refractivity contribution in [2.75, 3.05) is 19.7 Å². The van der Waals surface area contributed by atoms with E-state index in [-0.39, 0.29) is 13.0 Å². The predicted octanol–water partition coefficient (Wildman–Crippen LogP) is 1.79. The van der Waals surface area contributed by atoms with Gasteiger partial charge >= 0.3 is 5.97 Å². The Hall–Kier alpha value is -1.95. The third kappa shape index (κ3) is 3.21. The van der Waals surface area contributed by atoms with E-state index in [1.807, 2.05) is 6.07 Å². The highest BCUT2D eigenvalue weighted by Gasteiger charge is 2.48. The fourth-order valence-electron chi connectivity index (χ4n) is 2.41. The molecule has 114 valence electrons. The summed E-state index contributed by atoms with van der Waals surface area (Å²) in [6.45, 7) is 1.75. The first-order valence-electron chi connectivity index (χ1n) is 6.85. The van der Waals surface area contributed by atoms with Crippen LogP contribution in [0.25, 0.3) is 0 Å². The van der Waals surface area contributed by atoms with Crippen molar-refractivity contribution in [2.45, 2.75) is 25.1 Å². The summed E-state index contributed by atoms with van der Waals surface area (Å²) in [6, 6.07) is 8.91. The number of alkyl halides is 1. The van der Waals surface area contributed by atoms with Crippen LogP contribution in [0.1, 0.15) is 25.0 Å². The van der Waals surface area contributed by atoms with Gasteiger partial charge in [0.2, 0.25) is 5.67 Å². The number of ether oxygens (including phenoxy) is 1. The van der Waals surface area contributed by atoms with E-state index in [0.717, 1.165) is 0 Å². The molecule has 0 saturated carbocycles. The standard InChI is InChI=1S/C15H18FNO4/c1-2-21-12(11-6-4-3-5-7-11)13(18)17-9-8-15(16,10-17)14(19)20/h3-7,12H,2,8-10H2,1H3,(H,19,20). The normalized spacial score (nSPS) is 23.0. The molecule has 1 saturated heterocycles. The lowest BCUT2D eigenvalue weighted by atomic mass is 10.1. The van der Waals surface area contributed by atoms with E-state index in [1.54, 1.807) is 31.2 Å². The van der Waals surface area contributed by atoms with Gasteiger partial charge in [0.05, 0.1) is 6.54 Å². The van der Waals surface area contributed by atoms with E-state index >= 15 is 0 Å². The van der Waals surface area contributed by atoms with Gasteiger partial charge in [0.15, 0.2) is 6.10 Å². The van der Waals surface area contributed by atoms with Gasteiger partial charge in [-0.1, -0.05) is 30.3 Å². The van der Waals surface area contributed by atoms with Gasteiger partial charge in [-0.3, -0.25) is 4.79 Å². The SMILES string of the molecule is CCOC(C(=O)N1CCC(F)(C(=O)O)C1)c1ccccc1. The third-order valence-electron chi connectivity index (χ3n) is 3.57. The van der Waals surface area contributed by atoms with Crippen LogP contribution >= 0.6 is 0 Å². The van der Waals surface area contributed by atoms with Crippen molar-refractivity contribution in [2.24, 2.45) is 0 Å². The Balaban J connectivity index is 2.15. The lowest BCUT2D eigenvalue weighted by Crippen LogP contribution is -2.40. The van der Waals surface area contributed by atoms with Crippen molar-refractivity contribution in [3.8, 4) is 0 Å². The highest BCUT2D eigenvalue weighted by molar-refractivity contribution is 5.85. The topological polar surface area (TPSA) is 66.8 Å². The van der Waals surface area contributed by atoms with E-state index in [0.29, 0.717) is 12.2 Å². The average Bonchev–Trinajstić information content (AvgIpc) is 2.89. The van der Waals surface area contributed by atoms with Crippen LogP contribution in [0.4, 0.5) is 4.39 Å². The number of carbonyl (C=O) groups excluding carboxylic acids is 1. The Labute approximate surface area is 122 Å². The lowest BCUT2D eigenvalue weighted by molar-refractivity contribution is -0.151. The molecule has 2 atom stereocenters. The molecule has 1 aliphatic heterocycles. The summed E-state index contributed by atoms with van der Waals surface area (Å²) >= 11 is 0. The molecule has 21 heavy (non-hydrogen) atoms. The first-order valence-corrected chi connectivity index (χ1v) is 6.85. The maximum atomic E-state index is 14.1. The number of rotatable bonds is 5. The zero-order valence-electron chi connectivity index (χ0n) is 11.8. The molecule has 5 nitrogen and oxygen atoms in total. The summed E-state index contributed by atoms with van der Waals surface area (Å²) < 4.78 is 19.5. The maximum Gasteiger partial charge on any atom is 0.343 e. The van der Waals surface area contributed by atoms with Gasteiger partial charge in [0, 0.05) is 19.6 Å². The first-order chi connectivity index (χ1) is 9.98. The number of halogens is 1. The number of amides is 1. The van der Waals surface area contributed by atoms with E-state index < -0.39 is 30.2 Å². The number of benzene rings is 1. The molecular formula is C15H18FNO4. The zero-order chi connectivity index (χ0) is 15.5. The molecule has 1 aromatic rings. The molecule has 1 aliphatic rings. The maximum absolute atomic E-state index is 14.1. The highest BCUT2D eigenvalue weighted by atomic mass is 19.1. The molecule has 0 spiro atoms. The molecule has 1 amide bonds. The number of aliphatic carboxylic acids is 1. The number of likely N-dealkylation sites (tertiary alicyclic amines) is 1. The van der Waals surface area contributed by atoms with Crippen LogP contribution in [0.2, 0.25) is 0 Å². The van der Waals surface area contributed by atoms with Crippen LogP contribution in [-0.2, 0) is 14.3 Å². The second-order valence-electron chi connectivity index (χ2n) is 5.03. The Morgan fingerprint density at radius 2 is 2.10 bits per heavy atom. The van der Waals surface area contributed by atoms with E-state index in [2.05, 4.69) is 0 Å². The summed E-state index contributed by atoms with van der Waals surface area (Å²) in [5.74, 6) is -1.92. The Morgan fingerprint density at radius 3 is 2.62 bits per heavy atom. The van der Waals surface area contributed by atoms with Crippen LogP contribution in [0, 0.1) is 0 Å². The number of carboxylic acids is 1. The van der Waals surface area contributed by atoms with Crippen LogP contribution in [-0.4, -0.2) is 47.2 Å². The fraction of sp³-hybridized carbons (Fsp3) is 0.467. The van der Waals surface area contributed by atoms with Gasteiger partial charge in [-0.25, -0.2) is 9.18 Å². The quantitative estimate of drug-likeness (QED) is 0.899. The molecule has 1 heterocycles. The van der Waals surface area contributed by atoms with E-state index in [1.165, 1.54) is 4.90 Å². The molecule has 0 radical (unpaired) electrons. The number of carbonyl (C=O) groups is 2. The number of nitrogens with zero attached hydrogens (tertiary/aromatic N) is 1. The summed E-state index contributed by atoms with van der Waals surface area (Å²) in [6.07, 6.45) is -1.02. The molecule has 0 aromatic heterocycles.